The van der Waals surface area contributed by atoms with Crippen LogP contribution in [-0.2, 0) is 10.0 Å². The fourth-order valence-corrected chi connectivity index (χ4v) is 4.86. The van der Waals surface area contributed by atoms with Crippen molar-refractivity contribution in [3.63, 3.8) is 0 Å². The predicted molar refractivity (Wildman–Crippen MR) is 78.9 cm³/mol. The number of thiophene rings is 1. The van der Waals surface area contributed by atoms with Crippen LogP contribution in [0, 0.1) is 18.6 Å². The highest BCUT2D eigenvalue weighted by Gasteiger charge is 2.23. The van der Waals surface area contributed by atoms with Crippen molar-refractivity contribution >= 4 is 54.6 Å². The summed E-state index contributed by atoms with van der Waals surface area (Å²) in [5, 5.41) is 0.209. The molecular weight excluding hydrogens is 396 g/mol. The van der Waals surface area contributed by atoms with Gasteiger partial charge in [0.1, 0.15) is 15.7 Å². The van der Waals surface area contributed by atoms with E-state index < -0.39 is 27.3 Å². The maximum atomic E-state index is 13.8. The fraction of sp³-hybridized carbons (Fsp3) is 0.0909. The van der Waals surface area contributed by atoms with Crippen molar-refractivity contribution in [1.82, 2.24) is 0 Å². The van der Waals surface area contributed by atoms with Gasteiger partial charge in [0, 0.05) is 0 Å². The zero-order chi connectivity index (χ0) is 15.1. The summed E-state index contributed by atoms with van der Waals surface area (Å²) in [5.41, 5.74) is -0.569. The molecule has 0 spiro atoms. The lowest BCUT2D eigenvalue weighted by molar-refractivity contribution is 0.579. The second-order valence-corrected chi connectivity index (χ2v) is 8.53. The SMILES string of the molecule is Cc1ccc(F)c(NS(=O)(=O)c2cc(Cl)c(Br)s2)c1F. The molecule has 0 radical (unpaired) electrons. The Morgan fingerprint density at radius 2 is 2.00 bits per heavy atom. The normalized spacial score (nSPS) is 11.7. The number of anilines is 1. The van der Waals surface area contributed by atoms with Gasteiger partial charge in [0.25, 0.3) is 10.0 Å². The molecule has 0 unspecified atom stereocenters. The molecule has 0 bridgehead atoms. The van der Waals surface area contributed by atoms with Gasteiger partial charge < -0.3 is 0 Å². The van der Waals surface area contributed by atoms with Crippen LogP contribution < -0.4 is 4.72 Å². The summed E-state index contributed by atoms with van der Waals surface area (Å²) in [6, 6.07) is 3.42. The number of rotatable bonds is 3. The highest BCUT2D eigenvalue weighted by atomic mass is 79.9. The van der Waals surface area contributed by atoms with E-state index in [2.05, 4.69) is 15.9 Å². The molecule has 1 aromatic carbocycles. The zero-order valence-corrected chi connectivity index (χ0v) is 13.9. The molecule has 1 N–H and O–H groups in total. The molecule has 2 rings (SSSR count). The molecule has 0 amide bonds. The van der Waals surface area contributed by atoms with Crippen LogP contribution in [0.4, 0.5) is 14.5 Å². The van der Waals surface area contributed by atoms with Gasteiger partial charge in [0.15, 0.2) is 5.82 Å². The minimum absolute atomic E-state index is 0.134. The third kappa shape index (κ3) is 2.98. The van der Waals surface area contributed by atoms with Gasteiger partial charge in [0.2, 0.25) is 0 Å². The first-order valence-corrected chi connectivity index (χ1v) is 8.61. The molecule has 2 aromatic rings. The van der Waals surface area contributed by atoms with E-state index in [1.54, 1.807) is 0 Å². The van der Waals surface area contributed by atoms with E-state index in [1.165, 1.54) is 19.1 Å². The van der Waals surface area contributed by atoms with E-state index in [1.807, 2.05) is 4.72 Å². The second kappa shape index (κ2) is 5.59. The van der Waals surface area contributed by atoms with Gasteiger partial charge in [-0.3, -0.25) is 4.72 Å². The summed E-state index contributed by atoms with van der Waals surface area (Å²) in [4.78, 5) is 0. The van der Waals surface area contributed by atoms with E-state index in [-0.39, 0.29) is 14.8 Å². The third-order valence-electron chi connectivity index (χ3n) is 2.41. The van der Waals surface area contributed by atoms with Crippen molar-refractivity contribution in [3.05, 3.63) is 44.2 Å². The Morgan fingerprint density at radius 3 is 2.55 bits per heavy atom. The lowest BCUT2D eigenvalue weighted by Gasteiger charge is -2.09. The van der Waals surface area contributed by atoms with Crippen LogP contribution in [0.5, 0.6) is 0 Å². The van der Waals surface area contributed by atoms with Crippen LogP contribution >= 0.6 is 38.9 Å². The third-order valence-corrected chi connectivity index (χ3v) is 6.71. The largest absolute Gasteiger partial charge is 0.273 e. The van der Waals surface area contributed by atoms with Gasteiger partial charge in [-0.1, -0.05) is 17.7 Å². The van der Waals surface area contributed by atoms with Crippen LogP contribution in [0.25, 0.3) is 0 Å². The van der Waals surface area contributed by atoms with Crippen molar-refractivity contribution in [2.24, 2.45) is 0 Å². The molecule has 0 aliphatic rings. The van der Waals surface area contributed by atoms with Crippen molar-refractivity contribution < 1.29 is 17.2 Å². The number of aryl methyl sites for hydroxylation is 1. The van der Waals surface area contributed by atoms with Crippen molar-refractivity contribution in [2.45, 2.75) is 11.1 Å². The summed E-state index contributed by atoms with van der Waals surface area (Å²) < 4.78 is 53.7. The molecule has 0 aliphatic carbocycles. The van der Waals surface area contributed by atoms with E-state index >= 15 is 0 Å². The van der Waals surface area contributed by atoms with Gasteiger partial charge >= 0.3 is 0 Å². The summed E-state index contributed by atoms with van der Waals surface area (Å²) >= 11 is 9.68. The van der Waals surface area contributed by atoms with Crippen LogP contribution in [0.2, 0.25) is 5.02 Å². The molecule has 0 saturated heterocycles. The first-order valence-electron chi connectivity index (χ1n) is 5.14. The molecule has 108 valence electrons. The van der Waals surface area contributed by atoms with E-state index in [4.69, 9.17) is 11.6 Å². The summed E-state index contributed by atoms with van der Waals surface area (Å²) in [6.07, 6.45) is 0. The number of hydrogen-bond acceptors (Lipinski definition) is 3. The Bertz CT molecular complexity index is 757. The Labute approximate surface area is 131 Å². The maximum Gasteiger partial charge on any atom is 0.271 e. The number of hydrogen-bond donors (Lipinski definition) is 1. The molecule has 0 aliphatic heterocycles. The van der Waals surface area contributed by atoms with Crippen molar-refractivity contribution in [1.29, 1.82) is 0 Å². The number of nitrogens with one attached hydrogen (secondary N) is 1. The highest BCUT2D eigenvalue weighted by Crippen LogP contribution is 2.36. The first kappa shape index (κ1) is 15.7. The first-order chi connectivity index (χ1) is 9.22. The topological polar surface area (TPSA) is 46.2 Å². The predicted octanol–water partition coefficient (Wildman–Crippen LogP) is 4.55. The fourth-order valence-electron chi connectivity index (χ4n) is 1.39. The highest BCUT2D eigenvalue weighted by molar-refractivity contribution is 9.11. The minimum Gasteiger partial charge on any atom is -0.273 e. The Kier molecular flexibility index (Phi) is 4.38. The number of sulfonamides is 1. The summed E-state index contributed by atoms with van der Waals surface area (Å²) in [6.45, 7) is 1.41. The van der Waals surface area contributed by atoms with Crippen molar-refractivity contribution in [2.75, 3.05) is 4.72 Å². The monoisotopic (exact) mass is 401 g/mol. The van der Waals surface area contributed by atoms with E-state index in [0.29, 0.717) is 3.79 Å². The van der Waals surface area contributed by atoms with Crippen LogP contribution in [0.1, 0.15) is 5.56 Å². The Morgan fingerprint density at radius 1 is 1.35 bits per heavy atom. The maximum absolute atomic E-state index is 13.8. The van der Waals surface area contributed by atoms with Crippen LogP contribution in [-0.4, -0.2) is 8.42 Å². The van der Waals surface area contributed by atoms with Crippen LogP contribution in [0.3, 0.4) is 0 Å². The molecule has 0 saturated carbocycles. The average Bonchev–Trinajstić information content (AvgIpc) is 2.71. The Hall–Kier alpha value is -0.700. The summed E-state index contributed by atoms with van der Waals surface area (Å²) in [5.74, 6) is -1.94. The lowest BCUT2D eigenvalue weighted by Crippen LogP contribution is -2.14. The molecule has 1 heterocycles. The second-order valence-electron chi connectivity index (χ2n) is 3.85. The van der Waals surface area contributed by atoms with Crippen LogP contribution in [0.15, 0.2) is 26.2 Å². The van der Waals surface area contributed by atoms with Gasteiger partial charge in [-0.25, -0.2) is 17.2 Å². The molecule has 0 fully saturated rings. The quantitative estimate of drug-likeness (QED) is 0.818. The van der Waals surface area contributed by atoms with Gasteiger partial charge in [-0.15, -0.1) is 11.3 Å². The van der Waals surface area contributed by atoms with Gasteiger partial charge in [0.05, 0.1) is 8.81 Å². The van der Waals surface area contributed by atoms with Gasteiger partial charge in [-0.05, 0) is 40.5 Å². The van der Waals surface area contributed by atoms with E-state index in [9.17, 15) is 17.2 Å². The zero-order valence-electron chi connectivity index (χ0n) is 9.88. The molecule has 1 aromatic heterocycles. The average molecular weight is 403 g/mol. The molecular formula is C11H7BrClF2NO2S2. The lowest BCUT2D eigenvalue weighted by atomic mass is 10.2. The number of benzene rings is 1. The van der Waals surface area contributed by atoms with Gasteiger partial charge in [-0.2, -0.15) is 0 Å². The Balaban J connectivity index is 2.46. The molecule has 0 atom stereocenters. The molecule has 20 heavy (non-hydrogen) atoms. The number of halogens is 4. The standard InChI is InChI=1S/C11H7BrClF2NO2S2/c1-5-2-3-7(14)10(9(5)15)16-20(17,18)8-4-6(13)11(12)19-8/h2-4,16H,1H3. The smallest absolute Gasteiger partial charge is 0.271 e. The van der Waals surface area contributed by atoms with Crippen molar-refractivity contribution in [3.8, 4) is 0 Å². The minimum atomic E-state index is -4.10. The molecule has 3 nitrogen and oxygen atoms in total. The van der Waals surface area contributed by atoms with E-state index in [0.717, 1.165) is 17.4 Å². The molecule has 9 heteroatoms. The summed E-state index contributed by atoms with van der Waals surface area (Å²) in [7, 11) is -4.10.